The van der Waals surface area contributed by atoms with Crippen LogP contribution in [-0.4, -0.2) is 10.2 Å². The molecule has 0 aliphatic heterocycles. The van der Waals surface area contributed by atoms with Gasteiger partial charge in [0.25, 0.3) is 0 Å². The topological polar surface area (TPSA) is 64.9 Å². The molecular formula is C12H21N3O. The number of rotatable bonds is 4. The number of aromatic nitrogens is 2. The van der Waals surface area contributed by atoms with Crippen molar-refractivity contribution < 1.29 is 4.42 Å². The highest BCUT2D eigenvalue weighted by Gasteiger charge is 2.40. The number of hydrogen-bond donors (Lipinski definition) is 1. The number of nitrogens with two attached hydrogens (primary N) is 1. The molecule has 4 nitrogen and oxygen atoms in total. The van der Waals surface area contributed by atoms with E-state index >= 15 is 0 Å². The first-order valence-corrected chi connectivity index (χ1v) is 6.19. The first-order valence-electron chi connectivity index (χ1n) is 6.19. The summed E-state index contributed by atoms with van der Waals surface area (Å²) in [5, 5.41) is 8.19. The van der Waals surface area contributed by atoms with Gasteiger partial charge in [0.1, 0.15) is 0 Å². The van der Waals surface area contributed by atoms with Crippen LogP contribution in [0.2, 0.25) is 0 Å². The molecule has 4 heteroatoms. The van der Waals surface area contributed by atoms with Crippen molar-refractivity contribution in [2.75, 3.05) is 0 Å². The molecule has 2 N–H and O–H groups in total. The fourth-order valence-electron chi connectivity index (χ4n) is 2.89. The summed E-state index contributed by atoms with van der Waals surface area (Å²) >= 11 is 0. The predicted octanol–water partition coefficient (Wildman–Crippen LogP) is 2.39. The Balaban J connectivity index is 2.24. The summed E-state index contributed by atoms with van der Waals surface area (Å²) in [5.74, 6) is 2.04. The molecule has 0 aromatic carbocycles. The van der Waals surface area contributed by atoms with E-state index in [0.717, 1.165) is 12.3 Å². The SMILES string of the molecule is CC(C)CC1(c2nnc(CN)o2)CCCC1. The molecule has 0 amide bonds. The van der Waals surface area contributed by atoms with Gasteiger partial charge < -0.3 is 10.2 Å². The van der Waals surface area contributed by atoms with Crippen molar-refractivity contribution in [1.29, 1.82) is 0 Å². The van der Waals surface area contributed by atoms with E-state index in [0.29, 0.717) is 18.4 Å². The van der Waals surface area contributed by atoms with E-state index in [2.05, 4.69) is 24.0 Å². The Labute approximate surface area is 96.6 Å². The van der Waals surface area contributed by atoms with Gasteiger partial charge in [-0.2, -0.15) is 0 Å². The summed E-state index contributed by atoms with van der Waals surface area (Å²) in [6.07, 6.45) is 6.04. The van der Waals surface area contributed by atoms with Crippen LogP contribution in [0.25, 0.3) is 0 Å². The molecule has 16 heavy (non-hydrogen) atoms. The summed E-state index contributed by atoms with van der Waals surface area (Å²) in [6.45, 7) is 4.84. The van der Waals surface area contributed by atoms with Crippen molar-refractivity contribution in [3.8, 4) is 0 Å². The van der Waals surface area contributed by atoms with Gasteiger partial charge in [0.05, 0.1) is 6.54 Å². The second kappa shape index (κ2) is 4.53. The highest BCUT2D eigenvalue weighted by atomic mass is 16.4. The standard InChI is InChI=1S/C12H21N3O/c1-9(2)7-12(5-3-4-6-12)11-15-14-10(8-13)16-11/h9H,3-8,13H2,1-2H3. The monoisotopic (exact) mass is 223 g/mol. The van der Waals surface area contributed by atoms with Crippen molar-refractivity contribution in [2.24, 2.45) is 11.7 Å². The number of hydrogen-bond acceptors (Lipinski definition) is 4. The minimum Gasteiger partial charge on any atom is -0.423 e. The van der Waals surface area contributed by atoms with Gasteiger partial charge in [0, 0.05) is 5.41 Å². The van der Waals surface area contributed by atoms with Crippen LogP contribution in [0, 0.1) is 5.92 Å². The molecule has 0 spiro atoms. The summed E-state index contributed by atoms with van der Waals surface area (Å²) in [6, 6.07) is 0. The van der Waals surface area contributed by atoms with E-state index in [4.69, 9.17) is 10.2 Å². The van der Waals surface area contributed by atoms with Crippen molar-refractivity contribution in [3.63, 3.8) is 0 Å². The summed E-state index contributed by atoms with van der Waals surface area (Å²) in [4.78, 5) is 0. The lowest BCUT2D eigenvalue weighted by atomic mass is 9.78. The normalized spacial score (nSPS) is 19.5. The van der Waals surface area contributed by atoms with E-state index in [1.54, 1.807) is 0 Å². The van der Waals surface area contributed by atoms with E-state index in [9.17, 15) is 0 Å². The molecule has 2 rings (SSSR count). The van der Waals surface area contributed by atoms with E-state index in [-0.39, 0.29) is 5.41 Å². The third-order valence-electron chi connectivity index (χ3n) is 3.45. The Morgan fingerprint density at radius 2 is 2.00 bits per heavy atom. The summed E-state index contributed by atoms with van der Waals surface area (Å²) < 4.78 is 5.67. The van der Waals surface area contributed by atoms with Gasteiger partial charge in [-0.05, 0) is 25.2 Å². The lowest BCUT2D eigenvalue weighted by Gasteiger charge is -2.26. The lowest BCUT2D eigenvalue weighted by molar-refractivity contribution is 0.267. The minimum absolute atomic E-state index is 0.134. The van der Waals surface area contributed by atoms with Crippen LogP contribution < -0.4 is 5.73 Å². The Morgan fingerprint density at radius 3 is 2.50 bits per heavy atom. The molecular weight excluding hydrogens is 202 g/mol. The van der Waals surface area contributed by atoms with E-state index in [1.165, 1.54) is 25.7 Å². The van der Waals surface area contributed by atoms with Crippen LogP contribution in [-0.2, 0) is 12.0 Å². The van der Waals surface area contributed by atoms with Gasteiger partial charge in [0.2, 0.25) is 11.8 Å². The molecule has 0 atom stereocenters. The molecule has 0 bridgehead atoms. The highest BCUT2D eigenvalue weighted by Crippen LogP contribution is 2.44. The Morgan fingerprint density at radius 1 is 1.31 bits per heavy atom. The van der Waals surface area contributed by atoms with Gasteiger partial charge in [-0.15, -0.1) is 10.2 Å². The fraction of sp³-hybridized carbons (Fsp3) is 0.833. The molecule has 1 fully saturated rings. The smallest absolute Gasteiger partial charge is 0.230 e. The van der Waals surface area contributed by atoms with Gasteiger partial charge in [-0.25, -0.2) is 0 Å². The molecule has 0 saturated heterocycles. The minimum atomic E-state index is 0.134. The maximum Gasteiger partial charge on any atom is 0.230 e. The van der Waals surface area contributed by atoms with Crippen molar-refractivity contribution >= 4 is 0 Å². The van der Waals surface area contributed by atoms with Crippen molar-refractivity contribution in [3.05, 3.63) is 11.8 Å². The maximum absolute atomic E-state index is 5.67. The number of nitrogens with zero attached hydrogens (tertiary/aromatic N) is 2. The molecule has 90 valence electrons. The van der Waals surface area contributed by atoms with Crippen molar-refractivity contribution in [1.82, 2.24) is 10.2 Å². The van der Waals surface area contributed by atoms with Gasteiger partial charge in [-0.1, -0.05) is 26.7 Å². The van der Waals surface area contributed by atoms with Crippen LogP contribution >= 0.6 is 0 Å². The Bertz CT molecular complexity index is 340. The third-order valence-corrected chi connectivity index (χ3v) is 3.45. The van der Waals surface area contributed by atoms with Crippen molar-refractivity contribution in [2.45, 2.75) is 57.9 Å². The zero-order chi connectivity index (χ0) is 11.6. The average molecular weight is 223 g/mol. The van der Waals surface area contributed by atoms with Crippen LogP contribution in [0.4, 0.5) is 0 Å². The lowest BCUT2D eigenvalue weighted by Crippen LogP contribution is -2.24. The molecule has 0 radical (unpaired) electrons. The molecule has 0 unspecified atom stereocenters. The first-order chi connectivity index (χ1) is 7.66. The van der Waals surface area contributed by atoms with Crippen LogP contribution in [0.15, 0.2) is 4.42 Å². The maximum atomic E-state index is 5.67. The second-order valence-electron chi connectivity index (χ2n) is 5.29. The van der Waals surface area contributed by atoms with E-state index < -0.39 is 0 Å². The molecule has 1 heterocycles. The molecule has 1 aliphatic rings. The van der Waals surface area contributed by atoms with Gasteiger partial charge in [-0.3, -0.25) is 0 Å². The summed E-state index contributed by atoms with van der Waals surface area (Å²) in [5.41, 5.74) is 5.64. The molecule has 1 aromatic heterocycles. The largest absolute Gasteiger partial charge is 0.423 e. The van der Waals surface area contributed by atoms with Gasteiger partial charge in [0.15, 0.2) is 0 Å². The highest BCUT2D eigenvalue weighted by molar-refractivity contribution is 5.07. The van der Waals surface area contributed by atoms with Crippen LogP contribution in [0.3, 0.4) is 0 Å². The average Bonchev–Trinajstić information content (AvgIpc) is 2.84. The quantitative estimate of drug-likeness (QED) is 0.851. The Hall–Kier alpha value is -0.900. The molecule has 1 aliphatic carbocycles. The fourth-order valence-corrected chi connectivity index (χ4v) is 2.89. The van der Waals surface area contributed by atoms with E-state index in [1.807, 2.05) is 0 Å². The zero-order valence-corrected chi connectivity index (χ0v) is 10.2. The zero-order valence-electron chi connectivity index (χ0n) is 10.2. The third kappa shape index (κ3) is 2.12. The predicted molar refractivity (Wildman–Crippen MR) is 61.8 cm³/mol. The van der Waals surface area contributed by atoms with Gasteiger partial charge >= 0.3 is 0 Å². The molecule has 1 aromatic rings. The first kappa shape index (κ1) is 11.6. The van der Waals surface area contributed by atoms with Crippen LogP contribution in [0.1, 0.15) is 57.7 Å². The summed E-state index contributed by atoms with van der Waals surface area (Å²) in [7, 11) is 0. The van der Waals surface area contributed by atoms with Crippen LogP contribution in [0.5, 0.6) is 0 Å². The molecule has 1 saturated carbocycles. The second-order valence-corrected chi connectivity index (χ2v) is 5.29. The Kier molecular flexibility index (Phi) is 3.28.